The van der Waals surface area contributed by atoms with Crippen LogP contribution in [0.25, 0.3) is 0 Å². The largest absolute Gasteiger partial charge is 0.388 e. The van der Waals surface area contributed by atoms with Gasteiger partial charge in [-0.1, -0.05) is 0 Å². The minimum atomic E-state index is -0.698. The van der Waals surface area contributed by atoms with Gasteiger partial charge in [0.05, 0.1) is 16.1 Å². The maximum atomic E-state index is 13.5. The van der Waals surface area contributed by atoms with Crippen LogP contribution in [0.15, 0.2) is 16.6 Å². The zero-order valence-electron chi connectivity index (χ0n) is 10.1. The predicted molar refractivity (Wildman–Crippen MR) is 70.7 cm³/mol. The van der Waals surface area contributed by atoms with Crippen molar-refractivity contribution in [3.8, 4) is 0 Å². The van der Waals surface area contributed by atoms with Crippen molar-refractivity contribution >= 4 is 21.6 Å². The van der Waals surface area contributed by atoms with E-state index in [1.54, 1.807) is 6.07 Å². The fraction of sp³-hybridized carbons (Fsp3) is 0.538. The number of hydrogen-bond donors (Lipinski definition) is 2. The first-order valence-corrected chi connectivity index (χ1v) is 6.64. The molecule has 2 nitrogen and oxygen atoms in total. The fourth-order valence-corrected chi connectivity index (χ4v) is 2.82. The van der Waals surface area contributed by atoms with E-state index >= 15 is 0 Å². The van der Waals surface area contributed by atoms with Crippen LogP contribution in [0.4, 0.5) is 10.1 Å². The van der Waals surface area contributed by atoms with Crippen LogP contribution in [0.1, 0.15) is 31.7 Å². The average molecular weight is 302 g/mol. The molecule has 2 N–H and O–H groups in total. The van der Waals surface area contributed by atoms with Crippen LogP contribution in [0.2, 0.25) is 0 Å². The molecule has 4 heteroatoms. The van der Waals surface area contributed by atoms with Gasteiger partial charge >= 0.3 is 0 Å². The molecule has 1 aliphatic rings. The van der Waals surface area contributed by atoms with Gasteiger partial charge in [-0.25, -0.2) is 4.39 Å². The molecule has 0 saturated heterocycles. The van der Waals surface area contributed by atoms with Crippen LogP contribution in [-0.2, 0) is 0 Å². The zero-order valence-corrected chi connectivity index (χ0v) is 11.6. The second-order valence-electron chi connectivity index (χ2n) is 5.03. The van der Waals surface area contributed by atoms with Gasteiger partial charge in [-0.05, 0) is 66.7 Å². The quantitative estimate of drug-likeness (QED) is 0.874. The van der Waals surface area contributed by atoms with Gasteiger partial charge in [-0.15, -0.1) is 0 Å². The Hall–Kier alpha value is -0.610. The second kappa shape index (κ2) is 4.58. The molecule has 1 saturated carbocycles. The zero-order chi connectivity index (χ0) is 12.6. The molecule has 0 spiro atoms. The van der Waals surface area contributed by atoms with Gasteiger partial charge in [-0.2, -0.15) is 0 Å². The lowest BCUT2D eigenvalue weighted by Crippen LogP contribution is -2.39. The van der Waals surface area contributed by atoms with E-state index in [9.17, 15) is 9.50 Å². The lowest BCUT2D eigenvalue weighted by Gasteiger charge is -2.28. The first-order valence-electron chi connectivity index (χ1n) is 5.85. The monoisotopic (exact) mass is 301 g/mol. The number of hydrogen-bond acceptors (Lipinski definition) is 2. The highest BCUT2D eigenvalue weighted by atomic mass is 79.9. The number of aryl methyl sites for hydroxylation is 1. The normalized spacial score (nSPS) is 28.4. The molecule has 0 aromatic heterocycles. The van der Waals surface area contributed by atoms with Gasteiger partial charge in [0.25, 0.3) is 0 Å². The fourth-order valence-electron chi connectivity index (χ4n) is 2.37. The standard InChI is InChI=1S/C13H17BrFNO/c1-8-6-9(14)10(15)7-11(8)16-12-4-3-5-13(12,2)17/h6-7,12,16-17H,3-5H2,1-2H3. The maximum Gasteiger partial charge on any atom is 0.139 e. The Labute approximate surface area is 109 Å². The number of nitrogens with one attached hydrogen (secondary N) is 1. The third-order valence-corrected chi connectivity index (χ3v) is 4.13. The second-order valence-corrected chi connectivity index (χ2v) is 5.88. The van der Waals surface area contributed by atoms with E-state index < -0.39 is 5.60 Å². The van der Waals surface area contributed by atoms with Crippen molar-refractivity contribution in [3.05, 3.63) is 28.0 Å². The van der Waals surface area contributed by atoms with Crippen molar-refractivity contribution in [2.24, 2.45) is 0 Å². The van der Waals surface area contributed by atoms with E-state index in [1.165, 1.54) is 6.07 Å². The molecule has 1 aromatic carbocycles. The van der Waals surface area contributed by atoms with Crippen molar-refractivity contribution in [3.63, 3.8) is 0 Å². The molecule has 2 rings (SSSR count). The molecule has 1 aromatic rings. The Balaban J connectivity index is 2.22. The topological polar surface area (TPSA) is 32.3 Å². The Morgan fingerprint density at radius 1 is 1.53 bits per heavy atom. The van der Waals surface area contributed by atoms with E-state index in [4.69, 9.17) is 0 Å². The van der Waals surface area contributed by atoms with Crippen molar-refractivity contribution in [1.82, 2.24) is 0 Å². The van der Waals surface area contributed by atoms with E-state index in [0.717, 1.165) is 30.5 Å². The number of aliphatic hydroxyl groups is 1. The average Bonchev–Trinajstić information content (AvgIpc) is 2.55. The summed E-state index contributed by atoms with van der Waals surface area (Å²) in [6.45, 7) is 3.76. The van der Waals surface area contributed by atoms with Crippen LogP contribution >= 0.6 is 15.9 Å². The first-order chi connectivity index (χ1) is 7.90. The predicted octanol–water partition coefficient (Wildman–Crippen LogP) is 3.61. The van der Waals surface area contributed by atoms with Gasteiger partial charge in [0.2, 0.25) is 0 Å². The lowest BCUT2D eigenvalue weighted by molar-refractivity contribution is 0.0578. The Morgan fingerprint density at radius 3 is 2.82 bits per heavy atom. The minimum absolute atomic E-state index is 0.00164. The summed E-state index contributed by atoms with van der Waals surface area (Å²) in [6.07, 6.45) is 2.72. The van der Waals surface area contributed by atoms with Crippen molar-refractivity contribution in [1.29, 1.82) is 0 Å². The summed E-state index contributed by atoms with van der Waals surface area (Å²) in [5.41, 5.74) is 1.04. The van der Waals surface area contributed by atoms with Gasteiger partial charge < -0.3 is 10.4 Å². The van der Waals surface area contributed by atoms with Gasteiger partial charge in [0.15, 0.2) is 0 Å². The molecule has 17 heavy (non-hydrogen) atoms. The smallest absolute Gasteiger partial charge is 0.139 e. The Kier molecular flexibility index (Phi) is 3.46. The molecule has 0 radical (unpaired) electrons. The summed E-state index contributed by atoms with van der Waals surface area (Å²) >= 11 is 3.16. The summed E-state index contributed by atoms with van der Waals surface area (Å²) in [7, 11) is 0. The number of rotatable bonds is 2. The first kappa shape index (κ1) is 12.8. The van der Waals surface area contributed by atoms with E-state index in [-0.39, 0.29) is 11.9 Å². The summed E-state index contributed by atoms with van der Waals surface area (Å²) in [5.74, 6) is -0.282. The molecule has 2 unspecified atom stereocenters. The molecule has 2 atom stereocenters. The van der Waals surface area contributed by atoms with Crippen LogP contribution in [-0.4, -0.2) is 16.7 Å². The summed E-state index contributed by atoms with van der Waals surface area (Å²) in [5, 5.41) is 13.4. The number of benzene rings is 1. The SMILES string of the molecule is Cc1cc(Br)c(F)cc1NC1CCCC1(C)O. The molecule has 1 aliphatic carbocycles. The molecule has 0 heterocycles. The minimum Gasteiger partial charge on any atom is -0.388 e. The highest BCUT2D eigenvalue weighted by Gasteiger charge is 2.36. The van der Waals surface area contributed by atoms with Crippen LogP contribution in [0.3, 0.4) is 0 Å². The molecular weight excluding hydrogens is 285 g/mol. The van der Waals surface area contributed by atoms with Crippen LogP contribution < -0.4 is 5.32 Å². The molecule has 1 fully saturated rings. The summed E-state index contributed by atoms with van der Waals surface area (Å²) in [4.78, 5) is 0. The molecule has 94 valence electrons. The third-order valence-electron chi connectivity index (χ3n) is 3.52. The van der Waals surface area contributed by atoms with Gasteiger partial charge in [-0.3, -0.25) is 0 Å². The maximum absolute atomic E-state index is 13.5. The van der Waals surface area contributed by atoms with Crippen molar-refractivity contribution in [2.75, 3.05) is 5.32 Å². The molecule has 0 aliphatic heterocycles. The van der Waals surface area contributed by atoms with Gasteiger partial charge in [0.1, 0.15) is 5.82 Å². The summed E-state index contributed by atoms with van der Waals surface area (Å²) < 4.78 is 13.9. The molecule has 0 amide bonds. The van der Waals surface area contributed by atoms with Gasteiger partial charge in [0, 0.05) is 5.69 Å². The van der Waals surface area contributed by atoms with Crippen LogP contribution in [0, 0.1) is 12.7 Å². The van der Waals surface area contributed by atoms with Crippen LogP contribution in [0.5, 0.6) is 0 Å². The Morgan fingerprint density at radius 2 is 2.24 bits per heavy atom. The van der Waals surface area contributed by atoms with E-state index in [2.05, 4.69) is 21.2 Å². The van der Waals surface area contributed by atoms with E-state index in [0.29, 0.717) is 4.47 Å². The highest BCUT2D eigenvalue weighted by molar-refractivity contribution is 9.10. The van der Waals surface area contributed by atoms with Crippen molar-refractivity contribution < 1.29 is 9.50 Å². The molecular formula is C13H17BrFNO. The molecule has 0 bridgehead atoms. The number of anilines is 1. The number of halogens is 2. The Bertz CT molecular complexity index is 434. The third kappa shape index (κ3) is 2.63. The summed E-state index contributed by atoms with van der Waals surface area (Å²) in [6, 6.07) is 3.23. The van der Waals surface area contributed by atoms with Crippen molar-refractivity contribution in [2.45, 2.75) is 44.8 Å². The highest BCUT2D eigenvalue weighted by Crippen LogP contribution is 2.33. The van der Waals surface area contributed by atoms with E-state index in [1.807, 2.05) is 13.8 Å². The lowest BCUT2D eigenvalue weighted by atomic mass is 10.00.